The first kappa shape index (κ1) is 21.5. The van der Waals surface area contributed by atoms with E-state index >= 15 is 0 Å². The van der Waals surface area contributed by atoms with Crippen LogP contribution in [0.4, 0.5) is 0 Å². The zero-order valence-corrected chi connectivity index (χ0v) is 17.2. The number of ether oxygens (including phenoxy) is 2. The van der Waals surface area contributed by atoms with E-state index in [1.165, 1.54) is 11.0 Å². The van der Waals surface area contributed by atoms with E-state index in [9.17, 15) is 9.59 Å². The highest BCUT2D eigenvalue weighted by Gasteiger charge is 2.18. The highest BCUT2D eigenvalue weighted by atomic mass is 35.5. The van der Waals surface area contributed by atoms with Crippen LogP contribution < -0.4 is 9.47 Å². The third-order valence-corrected chi connectivity index (χ3v) is 4.26. The average Bonchev–Trinajstić information content (AvgIpc) is 2.67. The Morgan fingerprint density at radius 1 is 1.14 bits per heavy atom. The van der Waals surface area contributed by atoms with Gasteiger partial charge in [0.2, 0.25) is 0 Å². The fraction of sp³-hybridized carbons (Fsp3) is 0.273. The molecule has 0 heterocycles. The molecule has 0 aliphatic rings. The highest BCUT2D eigenvalue weighted by Crippen LogP contribution is 2.30. The lowest BCUT2D eigenvalue weighted by Crippen LogP contribution is -2.35. The maximum absolute atomic E-state index is 12.3. The molecule has 0 saturated carbocycles. The quantitative estimate of drug-likeness (QED) is 0.483. The number of amides is 1. The summed E-state index contributed by atoms with van der Waals surface area (Å²) in [7, 11) is 3.35. The van der Waals surface area contributed by atoms with Crippen LogP contribution in [-0.2, 0) is 4.79 Å². The summed E-state index contributed by atoms with van der Waals surface area (Å²) >= 11 is 6.06. The highest BCUT2D eigenvalue weighted by molar-refractivity contribution is 6.34. The van der Waals surface area contributed by atoms with Crippen molar-refractivity contribution in [3.63, 3.8) is 0 Å². The van der Waals surface area contributed by atoms with Crippen molar-refractivity contribution in [1.29, 1.82) is 0 Å². The molecule has 0 aliphatic heterocycles. The molecule has 148 valence electrons. The first-order valence-corrected chi connectivity index (χ1v) is 9.33. The minimum Gasteiger partial charge on any atom is -0.490 e. The largest absolute Gasteiger partial charge is 0.490 e. The molecule has 0 N–H and O–H groups in total. The SMILES string of the molecule is CCOc1cc(/C=C/C(=O)c2ccccc2Cl)ccc1O[C@H](C)C(=O)N(C)C. The van der Waals surface area contributed by atoms with Crippen LogP contribution in [0, 0.1) is 0 Å². The molecule has 0 spiro atoms. The van der Waals surface area contributed by atoms with Crippen LogP contribution in [0.3, 0.4) is 0 Å². The average molecular weight is 402 g/mol. The molecule has 0 aromatic heterocycles. The molecule has 0 aliphatic carbocycles. The Morgan fingerprint density at radius 3 is 2.50 bits per heavy atom. The van der Waals surface area contributed by atoms with Gasteiger partial charge >= 0.3 is 0 Å². The molecule has 1 atom stereocenters. The van der Waals surface area contributed by atoms with Crippen molar-refractivity contribution in [1.82, 2.24) is 4.90 Å². The van der Waals surface area contributed by atoms with E-state index < -0.39 is 6.10 Å². The number of likely N-dealkylation sites (N-methyl/N-ethyl adjacent to an activating group) is 1. The van der Waals surface area contributed by atoms with Crippen LogP contribution in [0.25, 0.3) is 6.08 Å². The number of hydrogen-bond acceptors (Lipinski definition) is 4. The lowest BCUT2D eigenvalue weighted by atomic mass is 10.1. The normalized spacial score (nSPS) is 11.9. The van der Waals surface area contributed by atoms with Gasteiger partial charge in [0.05, 0.1) is 11.6 Å². The monoisotopic (exact) mass is 401 g/mol. The number of carbonyl (C=O) groups is 2. The van der Waals surface area contributed by atoms with E-state index in [0.29, 0.717) is 28.7 Å². The Balaban J connectivity index is 2.20. The number of hydrogen-bond donors (Lipinski definition) is 0. The van der Waals surface area contributed by atoms with Crippen molar-refractivity contribution < 1.29 is 19.1 Å². The maximum atomic E-state index is 12.3. The topological polar surface area (TPSA) is 55.8 Å². The molecule has 2 aromatic rings. The fourth-order valence-electron chi connectivity index (χ4n) is 2.52. The van der Waals surface area contributed by atoms with Crippen LogP contribution in [0.5, 0.6) is 11.5 Å². The summed E-state index contributed by atoms with van der Waals surface area (Å²) in [5, 5.41) is 0.412. The van der Waals surface area contributed by atoms with Gasteiger partial charge in [-0.2, -0.15) is 0 Å². The summed E-state index contributed by atoms with van der Waals surface area (Å²) in [5.41, 5.74) is 1.21. The number of allylic oxidation sites excluding steroid dienone is 1. The van der Waals surface area contributed by atoms with Crippen LogP contribution in [-0.4, -0.2) is 43.4 Å². The molecular formula is C22H24ClNO4. The fourth-order valence-corrected chi connectivity index (χ4v) is 2.75. The first-order valence-electron chi connectivity index (χ1n) is 8.95. The third-order valence-electron chi connectivity index (χ3n) is 3.93. The summed E-state index contributed by atoms with van der Waals surface area (Å²) in [5.74, 6) is 0.651. The second-order valence-corrected chi connectivity index (χ2v) is 6.72. The van der Waals surface area contributed by atoms with Gasteiger partial charge in [-0.25, -0.2) is 0 Å². The Hall–Kier alpha value is -2.79. The van der Waals surface area contributed by atoms with E-state index in [2.05, 4.69) is 0 Å². The summed E-state index contributed by atoms with van der Waals surface area (Å²) in [6, 6.07) is 12.2. The zero-order chi connectivity index (χ0) is 20.7. The molecule has 1 amide bonds. The van der Waals surface area contributed by atoms with Crippen molar-refractivity contribution in [3.8, 4) is 11.5 Å². The minimum atomic E-state index is -0.641. The number of rotatable bonds is 8. The molecule has 0 unspecified atom stereocenters. The van der Waals surface area contributed by atoms with Gasteiger partial charge in [0, 0.05) is 19.7 Å². The molecular weight excluding hydrogens is 378 g/mol. The molecule has 0 radical (unpaired) electrons. The minimum absolute atomic E-state index is 0.142. The molecule has 0 fully saturated rings. The van der Waals surface area contributed by atoms with Crippen molar-refractivity contribution in [2.24, 2.45) is 0 Å². The van der Waals surface area contributed by atoms with Gasteiger partial charge in [-0.3, -0.25) is 9.59 Å². The first-order chi connectivity index (χ1) is 13.3. The van der Waals surface area contributed by atoms with Gasteiger partial charge in [-0.05, 0) is 49.8 Å². The predicted octanol–water partition coefficient (Wildman–Crippen LogP) is 4.49. The summed E-state index contributed by atoms with van der Waals surface area (Å²) in [6.45, 7) is 3.99. The summed E-state index contributed by atoms with van der Waals surface area (Å²) < 4.78 is 11.4. The van der Waals surface area contributed by atoms with Crippen molar-refractivity contribution >= 4 is 29.4 Å². The Bertz CT molecular complexity index is 877. The van der Waals surface area contributed by atoms with E-state index in [1.807, 2.05) is 6.92 Å². The third kappa shape index (κ3) is 5.60. The van der Waals surface area contributed by atoms with E-state index in [1.54, 1.807) is 69.6 Å². The van der Waals surface area contributed by atoms with Gasteiger partial charge in [0.1, 0.15) is 0 Å². The molecule has 6 heteroatoms. The van der Waals surface area contributed by atoms with Gasteiger partial charge < -0.3 is 14.4 Å². The Labute approximate surface area is 170 Å². The van der Waals surface area contributed by atoms with E-state index in [-0.39, 0.29) is 11.7 Å². The van der Waals surface area contributed by atoms with Crippen molar-refractivity contribution in [2.45, 2.75) is 20.0 Å². The Morgan fingerprint density at radius 2 is 1.86 bits per heavy atom. The summed E-state index contributed by atoms with van der Waals surface area (Å²) in [4.78, 5) is 25.8. The molecule has 2 aromatic carbocycles. The Kier molecular flexibility index (Phi) is 7.64. The van der Waals surface area contributed by atoms with Crippen LogP contribution in [0.2, 0.25) is 5.02 Å². The number of halogens is 1. The lowest BCUT2D eigenvalue weighted by molar-refractivity contribution is -0.135. The van der Waals surface area contributed by atoms with Crippen LogP contribution in [0.15, 0.2) is 48.5 Å². The zero-order valence-electron chi connectivity index (χ0n) is 16.4. The van der Waals surface area contributed by atoms with Gasteiger partial charge in [0.15, 0.2) is 23.4 Å². The standard InChI is InChI=1S/C22H24ClNO4/c1-5-27-21-14-16(10-12-19(25)17-8-6-7-9-18(17)23)11-13-20(21)28-15(2)22(26)24(3)4/h6-15H,5H2,1-4H3/b12-10+/t15-/m1/s1. The second-order valence-electron chi connectivity index (χ2n) is 6.31. The van der Waals surface area contributed by atoms with Crippen molar-refractivity contribution in [3.05, 3.63) is 64.7 Å². The molecule has 2 rings (SSSR count). The lowest BCUT2D eigenvalue weighted by Gasteiger charge is -2.20. The second kappa shape index (κ2) is 9.95. The number of carbonyl (C=O) groups excluding carboxylic acids is 2. The molecule has 5 nitrogen and oxygen atoms in total. The van der Waals surface area contributed by atoms with Crippen LogP contribution in [0.1, 0.15) is 29.8 Å². The molecule has 28 heavy (non-hydrogen) atoms. The number of ketones is 1. The van der Waals surface area contributed by atoms with E-state index in [0.717, 1.165) is 5.56 Å². The maximum Gasteiger partial charge on any atom is 0.262 e. The summed E-state index contributed by atoms with van der Waals surface area (Å²) in [6.07, 6.45) is 2.51. The molecule has 0 bridgehead atoms. The van der Waals surface area contributed by atoms with Crippen LogP contribution >= 0.6 is 11.6 Å². The number of nitrogens with zero attached hydrogens (tertiary/aromatic N) is 1. The predicted molar refractivity (Wildman–Crippen MR) is 111 cm³/mol. The van der Waals surface area contributed by atoms with Gasteiger partial charge in [-0.1, -0.05) is 35.9 Å². The smallest absolute Gasteiger partial charge is 0.262 e. The van der Waals surface area contributed by atoms with Gasteiger partial charge in [0.25, 0.3) is 5.91 Å². The van der Waals surface area contributed by atoms with Gasteiger partial charge in [-0.15, -0.1) is 0 Å². The van der Waals surface area contributed by atoms with E-state index in [4.69, 9.17) is 21.1 Å². The van der Waals surface area contributed by atoms with Crippen molar-refractivity contribution in [2.75, 3.05) is 20.7 Å². The number of benzene rings is 2. The molecule has 0 saturated heterocycles.